The molecule has 3 rings (SSSR count). The van der Waals surface area contributed by atoms with Crippen molar-refractivity contribution in [2.75, 3.05) is 33.5 Å². The maximum absolute atomic E-state index is 12.8. The fourth-order valence-corrected chi connectivity index (χ4v) is 3.02. The first-order valence-corrected chi connectivity index (χ1v) is 9.35. The number of nitrogens with zero attached hydrogens (tertiary/aromatic N) is 1. The Balaban J connectivity index is 1.38. The van der Waals surface area contributed by atoms with Crippen LogP contribution in [0, 0.1) is 5.82 Å². The molecule has 0 saturated carbocycles. The minimum atomic E-state index is -0.334. The number of carbonyl (C=O) groups excluding carboxylic acids is 2. The molecular formula is C21H24FN3O4. The summed E-state index contributed by atoms with van der Waals surface area (Å²) in [7, 11) is 1.61. The van der Waals surface area contributed by atoms with Crippen LogP contribution in [0.1, 0.15) is 18.0 Å². The molecule has 1 aliphatic heterocycles. The standard InChI is InChI=1S/C21H24FN3O4/c1-28-17-6-2-15(3-7-17)19-12-21(27)25(14-24-19)13-20(26)23-10-11-29-18-8-4-16(22)5-9-18/h2-9,19,24H,10-14H2,1H3,(H,23,26). The van der Waals surface area contributed by atoms with Crippen LogP contribution in [0.15, 0.2) is 48.5 Å². The second-order valence-electron chi connectivity index (χ2n) is 6.64. The van der Waals surface area contributed by atoms with E-state index in [0.717, 1.165) is 11.3 Å². The SMILES string of the molecule is COc1ccc(C2CC(=O)N(CC(=O)NCCOc3ccc(F)cc3)CN2)cc1. The molecule has 1 fully saturated rings. The van der Waals surface area contributed by atoms with Crippen LogP contribution in [0.4, 0.5) is 4.39 Å². The lowest BCUT2D eigenvalue weighted by Gasteiger charge is -2.32. The zero-order chi connectivity index (χ0) is 20.6. The van der Waals surface area contributed by atoms with Crippen LogP contribution in [0.5, 0.6) is 11.5 Å². The molecule has 29 heavy (non-hydrogen) atoms. The summed E-state index contributed by atoms with van der Waals surface area (Å²) in [5, 5.41) is 6.00. The molecule has 0 aromatic heterocycles. The van der Waals surface area contributed by atoms with Crippen molar-refractivity contribution in [2.45, 2.75) is 12.5 Å². The van der Waals surface area contributed by atoms with E-state index in [4.69, 9.17) is 9.47 Å². The van der Waals surface area contributed by atoms with Gasteiger partial charge in [0.15, 0.2) is 0 Å². The summed E-state index contributed by atoms with van der Waals surface area (Å²) in [6.07, 6.45) is 0.285. The lowest BCUT2D eigenvalue weighted by molar-refractivity contribution is -0.139. The number of halogens is 1. The highest BCUT2D eigenvalue weighted by molar-refractivity contribution is 5.85. The first-order valence-electron chi connectivity index (χ1n) is 9.35. The van der Waals surface area contributed by atoms with E-state index >= 15 is 0 Å². The number of carbonyl (C=O) groups is 2. The molecule has 1 heterocycles. The fourth-order valence-electron chi connectivity index (χ4n) is 3.02. The van der Waals surface area contributed by atoms with E-state index in [9.17, 15) is 14.0 Å². The van der Waals surface area contributed by atoms with Gasteiger partial charge < -0.3 is 19.7 Å². The quantitative estimate of drug-likeness (QED) is 0.660. The number of benzene rings is 2. The summed E-state index contributed by atoms with van der Waals surface area (Å²) >= 11 is 0. The third-order valence-corrected chi connectivity index (χ3v) is 4.62. The van der Waals surface area contributed by atoms with Gasteiger partial charge in [0, 0.05) is 12.5 Å². The smallest absolute Gasteiger partial charge is 0.239 e. The highest BCUT2D eigenvalue weighted by Crippen LogP contribution is 2.23. The fraction of sp³-hybridized carbons (Fsp3) is 0.333. The van der Waals surface area contributed by atoms with Crippen LogP contribution in [0.25, 0.3) is 0 Å². The van der Waals surface area contributed by atoms with Gasteiger partial charge in [0.1, 0.15) is 30.5 Å². The molecule has 2 aromatic carbocycles. The Kier molecular flexibility index (Phi) is 7.02. The zero-order valence-electron chi connectivity index (χ0n) is 16.2. The second kappa shape index (κ2) is 9.88. The van der Waals surface area contributed by atoms with E-state index in [1.807, 2.05) is 24.3 Å². The highest BCUT2D eigenvalue weighted by atomic mass is 19.1. The van der Waals surface area contributed by atoms with Gasteiger partial charge in [-0.2, -0.15) is 0 Å². The maximum Gasteiger partial charge on any atom is 0.239 e. The summed E-state index contributed by atoms with van der Waals surface area (Å²) < 4.78 is 23.4. The predicted octanol–water partition coefficient (Wildman–Crippen LogP) is 1.85. The van der Waals surface area contributed by atoms with Gasteiger partial charge in [0.25, 0.3) is 0 Å². The first-order chi connectivity index (χ1) is 14.0. The lowest BCUT2D eigenvalue weighted by atomic mass is 10.0. The van der Waals surface area contributed by atoms with E-state index < -0.39 is 0 Å². The lowest BCUT2D eigenvalue weighted by Crippen LogP contribution is -2.50. The van der Waals surface area contributed by atoms with Gasteiger partial charge in [0.05, 0.1) is 20.3 Å². The maximum atomic E-state index is 12.8. The number of ether oxygens (including phenoxy) is 2. The predicted molar refractivity (Wildman–Crippen MR) is 105 cm³/mol. The Bertz CT molecular complexity index is 827. The summed E-state index contributed by atoms with van der Waals surface area (Å²) in [6.45, 7) is 0.829. The molecule has 0 spiro atoms. The molecule has 154 valence electrons. The average molecular weight is 401 g/mol. The Labute approximate surface area is 168 Å². The Morgan fingerprint density at radius 2 is 1.86 bits per heavy atom. The van der Waals surface area contributed by atoms with Gasteiger partial charge in [-0.1, -0.05) is 12.1 Å². The topological polar surface area (TPSA) is 79.9 Å². The average Bonchev–Trinajstić information content (AvgIpc) is 2.74. The van der Waals surface area contributed by atoms with Gasteiger partial charge in [0.2, 0.25) is 11.8 Å². The minimum Gasteiger partial charge on any atom is -0.497 e. The molecule has 1 saturated heterocycles. The summed E-state index contributed by atoms with van der Waals surface area (Å²) in [5.74, 6) is 0.617. The van der Waals surface area contributed by atoms with Crippen LogP contribution in [-0.4, -0.2) is 50.2 Å². The minimum absolute atomic E-state index is 0.0162. The van der Waals surface area contributed by atoms with Crippen molar-refractivity contribution in [3.8, 4) is 11.5 Å². The molecule has 1 atom stereocenters. The van der Waals surface area contributed by atoms with Crippen LogP contribution < -0.4 is 20.1 Å². The van der Waals surface area contributed by atoms with E-state index in [1.165, 1.54) is 29.2 Å². The van der Waals surface area contributed by atoms with Crippen molar-refractivity contribution in [1.82, 2.24) is 15.5 Å². The number of hydrogen-bond acceptors (Lipinski definition) is 5. The molecule has 7 nitrogen and oxygen atoms in total. The zero-order valence-corrected chi connectivity index (χ0v) is 16.2. The van der Waals surface area contributed by atoms with Crippen molar-refractivity contribution < 1.29 is 23.5 Å². The van der Waals surface area contributed by atoms with E-state index in [-0.39, 0.29) is 43.2 Å². The summed E-state index contributed by atoms with van der Waals surface area (Å²) in [6, 6.07) is 13.1. The van der Waals surface area contributed by atoms with Crippen LogP contribution in [0.3, 0.4) is 0 Å². The molecule has 2 amide bonds. The van der Waals surface area contributed by atoms with Crippen molar-refractivity contribution in [3.05, 3.63) is 59.9 Å². The molecule has 2 N–H and O–H groups in total. The van der Waals surface area contributed by atoms with Gasteiger partial charge in [-0.15, -0.1) is 0 Å². The second-order valence-corrected chi connectivity index (χ2v) is 6.64. The Morgan fingerprint density at radius 1 is 1.17 bits per heavy atom. The van der Waals surface area contributed by atoms with Crippen molar-refractivity contribution in [3.63, 3.8) is 0 Å². The molecule has 1 aliphatic rings. The Morgan fingerprint density at radius 3 is 2.52 bits per heavy atom. The van der Waals surface area contributed by atoms with Crippen molar-refractivity contribution in [2.24, 2.45) is 0 Å². The monoisotopic (exact) mass is 401 g/mol. The number of hydrogen-bond donors (Lipinski definition) is 2. The molecular weight excluding hydrogens is 377 g/mol. The number of rotatable bonds is 8. The molecule has 0 radical (unpaired) electrons. The first kappa shape index (κ1) is 20.6. The van der Waals surface area contributed by atoms with Gasteiger partial charge >= 0.3 is 0 Å². The van der Waals surface area contributed by atoms with E-state index in [0.29, 0.717) is 19.0 Å². The van der Waals surface area contributed by atoms with Crippen LogP contribution in [0.2, 0.25) is 0 Å². The van der Waals surface area contributed by atoms with Crippen LogP contribution >= 0.6 is 0 Å². The largest absolute Gasteiger partial charge is 0.497 e. The molecule has 1 unspecified atom stereocenters. The third-order valence-electron chi connectivity index (χ3n) is 4.62. The summed E-state index contributed by atoms with van der Waals surface area (Å²) in [5.41, 5.74) is 1.00. The third kappa shape index (κ3) is 5.92. The highest BCUT2D eigenvalue weighted by Gasteiger charge is 2.27. The van der Waals surface area contributed by atoms with Crippen molar-refractivity contribution in [1.29, 1.82) is 0 Å². The van der Waals surface area contributed by atoms with E-state index in [1.54, 1.807) is 7.11 Å². The molecule has 2 aromatic rings. The van der Waals surface area contributed by atoms with Gasteiger partial charge in [-0.3, -0.25) is 14.9 Å². The number of amides is 2. The van der Waals surface area contributed by atoms with Gasteiger partial charge in [-0.25, -0.2) is 4.39 Å². The van der Waals surface area contributed by atoms with Crippen LogP contribution in [-0.2, 0) is 9.59 Å². The number of methoxy groups -OCH3 is 1. The van der Waals surface area contributed by atoms with E-state index in [2.05, 4.69) is 10.6 Å². The molecule has 0 bridgehead atoms. The summed E-state index contributed by atoms with van der Waals surface area (Å²) in [4.78, 5) is 26.0. The van der Waals surface area contributed by atoms with Gasteiger partial charge in [-0.05, 0) is 42.0 Å². The molecule has 8 heteroatoms. The molecule has 0 aliphatic carbocycles. The normalized spacial score (nSPS) is 16.4. The number of nitrogens with one attached hydrogen (secondary N) is 2. The van der Waals surface area contributed by atoms with Crippen molar-refractivity contribution >= 4 is 11.8 Å². The Hall–Kier alpha value is -3.13.